The van der Waals surface area contributed by atoms with E-state index in [0.717, 1.165) is 15.0 Å². The van der Waals surface area contributed by atoms with Crippen molar-refractivity contribution in [1.82, 2.24) is 10.6 Å². The van der Waals surface area contributed by atoms with Crippen LogP contribution >= 0.6 is 22.9 Å². The van der Waals surface area contributed by atoms with Crippen molar-refractivity contribution in [3.05, 3.63) is 70.1 Å². The lowest BCUT2D eigenvalue weighted by molar-refractivity contribution is -0.123. The van der Waals surface area contributed by atoms with Gasteiger partial charge in [-0.05, 0) is 36.8 Å². The van der Waals surface area contributed by atoms with Crippen LogP contribution in [0.25, 0.3) is 16.2 Å². The van der Waals surface area contributed by atoms with E-state index in [0.29, 0.717) is 16.3 Å². The van der Waals surface area contributed by atoms with Crippen LogP contribution in [0.4, 0.5) is 10.5 Å². The first-order valence-electron chi connectivity index (χ1n) is 8.77. The number of carbonyl (C=O) groups is 3. The number of nitrogens with one attached hydrogen (secondary N) is 3. The van der Waals surface area contributed by atoms with E-state index in [2.05, 4.69) is 16.0 Å². The van der Waals surface area contributed by atoms with Crippen molar-refractivity contribution in [2.24, 2.45) is 0 Å². The Morgan fingerprint density at radius 3 is 2.69 bits per heavy atom. The van der Waals surface area contributed by atoms with E-state index >= 15 is 0 Å². The number of carbonyl (C=O) groups excluding carboxylic acids is 3. The van der Waals surface area contributed by atoms with Crippen LogP contribution in [-0.2, 0) is 15.1 Å². The molecule has 3 aromatic rings. The number of amides is 4. The molecule has 1 aromatic heterocycles. The SMILES string of the molecule is CC1(c2cccc(NC(=O)/C=C/c3sc4ccccc4c3Cl)c2)NC(=O)NC1=O. The molecule has 4 rings (SSSR count). The Labute approximate surface area is 175 Å². The molecule has 1 aliphatic rings. The number of hydrogen-bond acceptors (Lipinski definition) is 4. The zero-order valence-electron chi connectivity index (χ0n) is 15.3. The molecule has 6 nitrogen and oxygen atoms in total. The summed E-state index contributed by atoms with van der Waals surface area (Å²) in [6.45, 7) is 1.61. The van der Waals surface area contributed by atoms with Gasteiger partial charge in [0.2, 0.25) is 5.91 Å². The molecule has 0 spiro atoms. The van der Waals surface area contributed by atoms with Gasteiger partial charge in [0, 0.05) is 26.7 Å². The normalized spacial score (nSPS) is 18.8. The summed E-state index contributed by atoms with van der Waals surface area (Å²) in [5.74, 6) is -0.772. The van der Waals surface area contributed by atoms with Crippen molar-refractivity contribution < 1.29 is 14.4 Å². The van der Waals surface area contributed by atoms with E-state index in [1.807, 2.05) is 24.3 Å². The summed E-state index contributed by atoms with van der Waals surface area (Å²) >= 11 is 7.90. The number of anilines is 1. The first kappa shape index (κ1) is 19.2. The Morgan fingerprint density at radius 2 is 1.97 bits per heavy atom. The van der Waals surface area contributed by atoms with Crippen LogP contribution in [0.3, 0.4) is 0 Å². The molecule has 1 unspecified atom stereocenters. The molecule has 0 bridgehead atoms. The van der Waals surface area contributed by atoms with E-state index in [1.165, 1.54) is 17.4 Å². The minimum absolute atomic E-state index is 0.333. The highest BCUT2D eigenvalue weighted by atomic mass is 35.5. The highest BCUT2D eigenvalue weighted by Crippen LogP contribution is 2.36. The fraction of sp³-hybridized carbons (Fsp3) is 0.0952. The van der Waals surface area contributed by atoms with Crippen LogP contribution in [0.1, 0.15) is 17.4 Å². The smallest absolute Gasteiger partial charge is 0.322 e. The highest BCUT2D eigenvalue weighted by molar-refractivity contribution is 7.20. The standard InChI is InChI=1S/C21H16ClN3O3S/c1-21(19(27)24-20(28)25-21)12-5-4-6-13(11-12)23-17(26)10-9-16-18(22)14-7-2-3-8-15(14)29-16/h2-11H,1H3,(H,23,26)(H2,24,25,27,28)/b10-9+. The Kier molecular flexibility index (Phi) is 4.86. The molecule has 2 aromatic carbocycles. The molecule has 29 heavy (non-hydrogen) atoms. The highest BCUT2D eigenvalue weighted by Gasteiger charge is 2.43. The van der Waals surface area contributed by atoms with Crippen molar-refractivity contribution in [2.75, 3.05) is 5.32 Å². The zero-order chi connectivity index (χ0) is 20.6. The largest absolute Gasteiger partial charge is 0.323 e. The summed E-state index contributed by atoms with van der Waals surface area (Å²) in [5, 5.41) is 9.16. The average molecular weight is 426 g/mol. The van der Waals surface area contributed by atoms with Gasteiger partial charge in [-0.25, -0.2) is 4.79 Å². The molecule has 1 aliphatic heterocycles. The van der Waals surface area contributed by atoms with Gasteiger partial charge in [-0.15, -0.1) is 11.3 Å². The molecular weight excluding hydrogens is 410 g/mol. The third-order valence-electron chi connectivity index (χ3n) is 4.70. The molecule has 1 fully saturated rings. The van der Waals surface area contributed by atoms with E-state index < -0.39 is 17.5 Å². The minimum Gasteiger partial charge on any atom is -0.323 e. The molecule has 8 heteroatoms. The third kappa shape index (κ3) is 3.62. The van der Waals surface area contributed by atoms with Gasteiger partial charge in [0.15, 0.2) is 0 Å². The van der Waals surface area contributed by atoms with Crippen LogP contribution in [0.2, 0.25) is 5.02 Å². The number of thiophene rings is 1. The second kappa shape index (κ2) is 7.35. The predicted molar refractivity (Wildman–Crippen MR) is 115 cm³/mol. The number of urea groups is 1. The summed E-state index contributed by atoms with van der Waals surface area (Å²) < 4.78 is 1.05. The summed E-state index contributed by atoms with van der Waals surface area (Å²) in [7, 11) is 0. The maximum Gasteiger partial charge on any atom is 0.322 e. The van der Waals surface area contributed by atoms with Crippen molar-refractivity contribution in [3.63, 3.8) is 0 Å². The molecule has 1 atom stereocenters. The van der Waals surface area contributed by atoms with Gasteiger partial charge in [-0.2, -0.15) is 0 Å². The first-order chi connectivity index (χ1) is 13.9. The zero-order valence-corrected chi connectivity index (χ0v) is 16.9. The van der Waals surface area contributed by atoms with Crippen molar-refractivity contribution in [3.8, 4) is 0 Å². The molecule has 3 N–H and O–H groups in total. The third-order valence-corrected chi connectivity index (χ3v) is 6.35. The number of fused-ring (bicyclic) bond motifs is 1. The van der Waals surface area contributed by atoms with Crippen molar-refractivity contribution in [1.29, 1.82) is 0 Å². The second-order valence-corrected chi connectivity index (χ2v) is 8.17. The van der Waals surface area contributed by atoms with Crippen LogP contribution in [-0.4, -0.2) is 17.8 Å². The number of halogens is 1. The molecule has 1 saturated heterocycles. The Balaban J connectivity index is 1.51. The van der Waals surface area contributed by atoms with E-state index in [-0.39, 0.29) is 5.91 Å². The van der Waals surface area contributed by atoms with Gasteiger partial charge in [0.1, 0.15) is 5.54 Å². The maximum absolute atomic E-state index is 12.4. The molecule has 0 saturated carbocycles. The molecule has 146 valence electrons. The summed E-state index contributed by atoms with van der Waals surface area (Å²) in [4.78, 5) is 36.7. The fourth-order valence-electron chi connectivity index (χ4n) is 3.13. The average Bonchev–Trinajstić information content (AvgIpc) is 3.16. The lowest BCUT2D eigenvalue weighted by atomic mass is 9.92. The van der Waals surface area contributed by atoms with Crippen molar-refractivity contribution >= 4 is 62.6 Å². The van der Waals surface area contributed by atoms with E-state index in [4.69, 9.17) is 11.6 Å². The van der Waals surface area contributed by atoms with Gasteiger partial charge in [-0.1, -0.05) is 41.9 Å². The van der Waals surface area contributed by atoms with Crippen LogP contribution in [0, 0.1) is 0 Å². The molecule has 0 aliphatic carbocycles. The van der Waals surface area contributed by atoms with Crippen molar-refractivity contribution in [2.45, 2.75) is 12.5 Å². The molecular formula is C21H16ClN3O3S. The van der Waals surface area contributed by atoms with Crippen LogP contribution < -0.4 is 16.0 Å². The summed E-state index contributed by atoms with van der Waals surface area (Å²) in [6.07, 6.45) is 3.09. The lowest BCUT2D eigenvalue weighted by Crippen LogP contribution is -2.40. The number of hydrogen-bond donors (Lipinski definition) is 3. The van der Waals surface area contributed by atoms with Gasteiger partial charge in [0.05, 0.1) is 5.02 Å². The molecule has 2 heterocycles. The summed E-state index contributed by atoms with van der Waals surface area (Å²) in [5.41, 5.74) is -0.108. The number of rotatable bonds is 4. The maximum atomic E-state index is 12.4. The van der Waals surface area contributed by atoms with Gasteiger partial charge in [-0.3, -0.25) is 14.9 Å². The first-order valence-corrected chi connectivity index (χ1v) is 9.96. The number of imide groups is 1. The molecule has 4 amide bonds. The topological polar surface area (TPSA) is 87.3 Å². The Bertz CT molecular complexity index is 1190. The lowest BCUT2D eigenvalue weighted by Gasteiger charge is -2.21. The Morgan fingerprint density at radius 1 is 1.17 bits per heavy atom. The minimum atomic E-state index is -1.18. The van der Waals surface area contributed by atoms with E-state index in [9.17, 15) is 14.4 Å². The van der Waals surface area contributed by atoms with Gasteiger partial charge >= 0.3 is 6.03 Å². The monoisotopic (exact) mass is 425 g/mol. The van der Waals surface area contributed by atoms with Crippen LogP contribution in [0.15, 0.2) is 54.6 Å². The molecule has 0 radical (unpaired) electrons. The number of benzene rings is 2. The van der Waals surface area contributed by atoms with Crippen LogP contribution in [0.5, 0.6) is 0 Å². The Hall–Kier alpha value is -3.16. The second-order valence-electron chi connectivity index (χ2n) is 6.71. The predicted octanol–water partition coefficient (Wildman–Crippen LogP) is 4.26. The van der Waals surface area contributed by atoms with Gasteiger partial charge < -0.3 is 10.6 Å². The summed E-state index contributed by atoms with van der Waals surface area (Å²) in [6, 6.07) is 14.0. The van der Waals surface area contributed by atoms with Gasteiger partial charge in [0.25, 0.3) is 5.91 Å². The van der Waals surface area contributed by atoms with E-state index in [1.54, 1.807) is 37.3 Å². The quantitative estimate of drug-likeness (QED) is 0.431. The fourth-order valence-corrected chi connectivity index (χ4v) is 4.53.